The topological polar surface area (TPSA) is 52.5 Å². The van der Waals surface area contributed by atoms with Crippen LogP contribution in [0, 0.1) is 0 Å². The van der Waals surface area contributed by atoms with E-state index < -0.39 is 0 Å². The van der Waals surface area contributed by atoms with E-state index in [-0.39, 0.29) is 11.9 Å². The van der Waals surface area contributed by atoms with Crippen LogP contribution >= 0.6 is 0 Å². The minimum absolute atomic E-state index is 0.259. The minimum Gasteiger partial charge on any atom is -0.508 e. The number of aliphatic hydroxyl groups is 1. The van der Waals surface area contributed by atoms with Gasteiger partial charge < -0.3 is 15.5 Å². The lowest BCUT2D eigenvalue weighted by Crippen LogP contribution is -2.28. The fraction of sp³-hybridized carbons (Fsp3) is 0.455. The zero-order valence-corrected chi connectivity index (χ0v) is 8.40. The van der Waals surface area contributed by atoms with Gasteiger partial charge in [-0.15, -0.1) is 0 Å². The molecule has 0 amide bonds. The predicted octanol–water partition coefficient (Wildman–Crippen LogP) is 0.905. The SMILES string of the molecule is CCNCC(O)Cc1ccc(O)cc1. The number of rotatable bonds is 5. The molecule has 0 saturated heterocycles. The Labute approximate surface area is 84.4 Å². The second kappa shape index (κ2) is 5.62. The van der Waals surface area contributed by atoms with Crippen molar-refractivity contribution in [2.75, 3.05) is 13.1 Å². The molecule has 14 heavy (non-hydrogen) atoms. The zero-order chi connectivity index (χ0) is 10.4. The Balaban J connectivity index is 2.39. The number of hydrogen-bond donors (Lipinski definition) is 3. The Morgan fingerprint density at radius 2 is 1.93 bits per heavy atom. The highest BCUT2D eigenvalue weighted by Gasteiger charge is 2.04. The first kappa shape index (κ1) is 11.0. The minimum atomic E-state index is -0.362. The molecule has 0 radical (unpaired) electrons. The van der Waals surface area contributed by atoms with Crippen LogP contribution in [0.3, 0.4) is 0 Å². The van der Waals surface area contributed by atoms with E-state index in [0.717, 1.165) is 12.1 Å². The van der Waals surface area contributed by atoms with Crippen molar-refractivity contribution < 1.29 is 10.2 Å². The molecule has 1 atom stereocenters. The Morgan fingerprint density at radius 3 is 2.50 bits per heavy atom. The third-order valence-electron chi connectivity index (χ3n) is 2.04. The standard InChI is InChI=1S/C11H17NO2/c1-2-12-8-11(14)7-9-3-5-10(13)6-4-9/h3-6,11-14H,2,7-8H2,1H3. The first-order valence-corrected chi connectivity index (χ1v) is 4.89. The summed E-state index contributed by atoms with van der Waals surface area (Å²) in [5, 5.41) is 21.7. The van der Waals surface area contributed by atoms with Gasteiger partial charge in [0.05, 0.1) is 6.10 Å². The first-order valence-electron chi connectivity index (χ1n) is 4.89. The number of phenols is 1. The van der Waals surface area contributed by atoms with Crippen LogP contribution in [-0.4, -0.2) is 29.4 Å². The van der Waals surface area contributed by atoms with Crippen LogP contribution in [0.4, 0.5) is 0 Å². The molecule has 1 rings (SSSR count). The maximum atomic E-state index is 9.58. The van der Waals surface area contributed by atoms with Gasteiger partial charge in [-0.1, -0.05) is 19.1 Å². The Morgan fingerprint density at radius 1 is 1.29 bits per heavy atom. The number of benzene rings is 1. The highest BCUT2D eigenvalue weighted by atomic mass is 16.3. The molecule has 0 fully saturated rings. The molecule has 3 N–H and O–H groups in total. The van der Waals surface area contributed by atoms with Crippen molar-refractivity contribution >= 4 is 0 Å². The maximum absolute atomic E-state index is 9.58. The van der Waals surface area contributed by atoms with E-state index in [0.29, 0.717) is 13.0 Å². The van der Waals surface area contributed by atoms with Crippen molar-refractivity contribution in [3.05, 3.63) is 29.8 Å². The van der Waals surface area contributed by atoms with E-state index >= 15 is 0 Å². The number of phenolic OH excluding ortho intramolecular Hbond substituents is 1. The lowest BCUT2D eigenvalue weighted by Gasteiger charge is -2.10. The Hall–Kier alpha value is -1.06. The largest absolute Gasteiger partial charge is 0.508 e. The molecule has 0 aliphatic rings. The number of hydrogen-bond acceptors (Lipinski definition) is 3. The molecule has 3 nitrogen and oxygen atoms in total. The molecule has 0 heterocycles. The van der Waals surface area contributed by atoms with Gasteiger partial charge in [-0.25, -0.2) is 0 Å². The van der Waals surface area contributed by atoms with Gasteiger partial charge in [0.25, 0.3) is 0 Å². The quantitative estimate of drug-likeness (QED) is 0.654. The number of aromatic hydroxyl groups is 1. The molecule has 0 saturated carbocycles. The third-order valence-corrected chi connectivity index (χ3v) is 2.04. The van der Waals surface area contributed by atoms with Crippen molar-refractivity contribution in [2.45, 2.75) is 19.4 Å². The highest BCUT2D eigenvalue weighted by Crippen LogP contribution is 2.10. The van der Waals surface area contributed by atoms with Crippen molar-refractivity contribution in [3.63, 3.8) is 0 Å². The van der Waals surface area contributed by atoms with Crippen molar-refractivity contribution in [1.82, 2.24) is 5.32 Å². The lowest BCUT2D eigenvalue weighted by atomic mass is 10.1. The molecule has 1 aromatic carbocycles. The van der Waals surface area contributed by atoms with Gasteiger partial charge >= 0.3 is 0 Å². The molecule has 78 valence electrons. The van der Waals surface area contributed by atoms with E-state index in [1.165, 1.54) is 0 Å². The zero-order valence-electron chi connectivity index (χ0n) is 8.40. The predicted molar refractivity (Wildman–Crippen MR) is 56.4 cm³/mol. The van der Waals surface area contributed by atoms with Gasteiger partial charge in [-0.05, 0) is 30.7 Å². The number of likely N-dealkylation sites (N-methyl/N-ethyl adjacent to an activating group) is 1. The summed E-state index contributed by atoms with van der Waals surface area (Å²) in [6, 6.07) is 6.92. The van der Waals surface area contributed by atoms with E-state index in [9.17, 15) is 5.11 Å². The summed E-state index contributed by atoms with van der Waals surface area (Å²) in [4.78, 5) is 0. The third kappa shape index (κ3) is 3.77. The maximum Gasteiger partial charge on any atom is 0.115 e. The van der Waals surface area contributed by atoms with Crippen LogP contribution in [0.2, 0.25) is 0 Å². The smallest absolute Gasteiger partial charge is 0.115 e. The molecule has 0 spiro atoms. The molecule has 0 aromatic heterocycles. The summed E-state index contributed by atoms with van der Waals surface area (Å²) >= 11 is 0. The number of nitrogens with one attached hydrogen (secondary N) is 1. The highest BCUT2D eigenvalue weighted by molar-refractivity contribution is 5.26. The fourth-order valence-corrected chi connectivity index (χ4v) is 1.29. The van der Waals surface area contributed by atoms with Gasteiger partial charge in [0.15, 0.2) is 0 Å². The second-order valence-corrected chi connectivity index (χ2v) is 3.33. The Bertz CT molecular complexity index is 258. The molecule has 1 unspecified atom stereocenters. The molecule has 0 aliphatic carbocycles. The fourth-order valence-electron chi connectivity index (χ4n) is 1.29. The van der Waals surface area contributed by atoms with Crippen molar-refractivity contribution in [3.8, 4) is 5.75 Å². The second-order valence-electron chi connectivity index (χ2n) is 3.33. The average molecular weight is 195 g/mol. The molecule has 0 aliphatic heterocycles. The van der Waals surface area contributed by atoms with Gasteiger partial charge in [-0.2, -0.15) is 0 Å². The van der Waals surface area contributed by atoms with E-state index in [1.807, 2.05) is 19.1 Å². The van der Waals surface area contributed by atoms with Crippen LogP contribution in [0.5, 0.6) is 5.75 Å². The van der Waals surface area contributed by atoms with Crippen molar-refractivity contribution in [1.29, 1.82) is 0 Å². The van der Waals surface area contributed by atoms with Crippen LogP contribution in [0.15, 0.2) is 24.3 Å². The molecule has 0 bridgehead atoms. The van der Waals surface area contributed by atoms with Crippen LogP contribution in [-0.2, 0) is 6.42 Å². The molecule has 3 heteroatoms. The van der Waals surface area contributed by atoms with Crippen LogP contribution in [0.1, 0.15) is 12.5 Å². The molecule has 1 aromatic rings. The van der Waals surface area contributed by atoms with Gasteiger partial charge in [0, 0.05) is 6.54 Å². The monoisotopic (exact) mass is 195 g/mol. The van der Waals surface area contributed by atoms with Gasteiger partial charge in [-0.3, -0.25) is 0 Å². The summed E-state index contributed by atoms with van der Waals surface area (Å²) in [7, 11) is 0. The van der Waals surface area contributed by atoms with Crippen LogP contribution < -0.4 is 5.32 Å². The summed E-state index contributed by atoms with van der Waals surface area (Å²) in [6.45, 7) is 3.48. The van der Waals surface area contributed by atoms with Gasteiger partial charge in [0.2, 0.25) is 0 Å². The van der Waals surface area contributed by atoms with Gasteiger partial charge in [0.1, 0.15) is 5.75 Å². The lowest BCUT2D eigenvalue weighted by molar-refractivity contribution is 0.172. The first-order chi connectivity index (χ1) is 6.72. The summed E-state index contributed by atoms with van der Waals surface area (Å²) in [5.41, 5.74) is 1.04. The van der Waals surface area contributed by atoms with E-state index in [1.54, 1.807) is 12.1 Å². The average Bonchev–Trinajstić information content (AvgIpc) is 2.18. The Kier molecular flexibility index (Phi) is 4.43. The molecular weight excluding hydrogens is 178 g/mol. The molecular formula is C11H17NO2. The number of aliphatic hydroxyl groups excluding tert-OH is 1. The van der Waals surface area contributed by atoms with E-state index in [4.69, 9.17) is 5.11 Å². The normalized spacial score (nSPS) is 12.7. The summed E-state index contributed by atoms with van der Waals surface area (Å²) in [6.07, 6.45) is 0.257. The summed E-state index contributed by atoms with van der Waals surface area (Å²) in [5.74, 6) is 0.259. The van der Waals surface area contributed by atoms with Crippen molar-refractivity contribution in [2.24, 2.45) is 0 Å². The van der Waals surface area contributed by atoms with E-state index in [2.05, 4.69) is 5.32 Å². The summed E-state index contributed by atoms with van der Waals surface area (Å²) < 4.78 is 0. The van der Waals surface area contributed by atoms with Crippen LogP contribution in [0.25, 0.3) is 0 Å².